The maximum Gasteiger partial charge on any atom is 0.151 e. The molecule has 4 heteroatoms. The van der Waals surface area contributed by atoms with Crippen LogP contribution in [-0.2, 0) is 0 Å². The van der Waals surface area contributed by atoms with Crippen LogP contribution in [0.1, 0.15) is 10.4 Å². The number of nitrogens with two attached hydrogens (primary N) is 1. The van der Waals surface area contributed by atoms with Crippen LogP contribution in [0.25, 0.3) is 10.1 Å². The molecule has 2 nitrogen and oxygen atoms in total. The number of aldehydes is 1. The van der Waals surface area contributed by atoms with Gasteiger partial charge >= 0.3 is 0 Å². The van der Waals surface area contributed by atoms with Crippen LogP contribution in [0.15, 0.2) is 17.5 Å². The zero-order valence-electron chi connectivity index (χ0n) is 6.58. The zero-order valence-corrected chi connectivity index (χ0v) is 8.15. The average molecular weight is 212 g/mol. The predicted molar refractivity (Wildman–Crippen MR) is 56.6 cm³/mol. The monoisotopic (exact) mass is 211 g/mol. The molecule has 2 aromatic rings. The molecule has 0 amide bonds. The highest BCUT2D eigenvalue weighted by Gasteiger charge is 2.08. The molecule has 0 atom stereocenters. The summed E-state index contributed by atoms with van der Waals surface area (Å²) < 4.78 is 0.861. The lowest BCUT2D eigenvalue weighted by molar-refractivity contribution is 0.112. The second-order valence-electron chi connectivity index (χ2n) is 2.65. The molecule has 0 fully saturated rings. The molecule has 0 unspecified atom stereocenters. The van der Waals surface area contributed by atoms with Crippen molar-refractivity contribution < 1.29 is 4.79 Å². The van der Waals surface area contributed by atoms with Gasteiger partial charge in [-0.25, -0.2) is 0 Å². The molecule has 0 aliphatic carbocycles. The van der Waals surface area contributed by atoms with Gasteiger partial charge in [-0.3, -0.25) is 4.79 Å². The third-order valence-electron chi connectivity index (χ3n) is 1.87. The first-order valence-electron chi connectivity index (χ1n) is 3.64. The van der Waals surface area contributed by atoms with Crippen molar-refractivity contribution in [3.05, 3.63) is 28.1 Å². The molecule has 0 saturated heterocycles. The summed E-state index contributed by atoms with van der Waals surface area (Å²) in [6, 6.07) is 3.40. The van der Waals surface area contributed by atoms with Gasteiger partial charge in [-0.2, -0.15) is 0 Å². The number of carbonyl (C=O) groups is 1. The molecule has 0 radical (unpaired) electrons. The Balaban J connectivity index is 2.95. The highest BCUT2D eigenvalue weighted by atomic mass is 35.5. The van der Waals surface area contributed by atoms with Crippen molar-refractivity contribution >= 4 is 45.0 Å². The smallest absolute Gasteiger partial charge is 0.151 e. The minimum absolute atomic E-state index is 0.612. The van der Waals surface area contributed by atoms with Crippen molar-refractivity contribution in [3.63, 3.8) is 0 Å². The van der Waals surface area contributed by atoms with Crippen LogP contribution in [-0.4, -0.2) is 6.29 Å². The predicted octanol–water partition coefficient (Wildman–Crippen LogP) is 2.95. The van der Waals surface area contributed by atoms with E-state index in [2.05, 4.69) is 0 Å². The van der Waals surface area contributed by atoms with Crippen molar-refractivity contribution in [2.24, 2.45) is 0 Å². The van der Waals surface area contributed by atoms with Gasteiger partial charge in [-0.05, 0) is 12.1 Å². The summed E-state index contributed by atoms with van der Waals surface area (Å²) in [5.74, 6) is 0. The van der Waals surface area contributed by atoms with E-state index < -0.39 is 0 Å². The van der Waals surface area contributed by atoms with Gasteiger partial charge in [0.2, 0.25) is 0 Å². The molecule has 2 rings (SSSR count). The quantitative estimate of drug-likeness (QED) is 0.582. The lowest BCUT2D eigenvalue weighted by Crippen LogP contribution is -1.87. The topological polar surface area (TPSA) is 43.1 Å². The molecule has 0 bridgehead atoms. The second-order valence-corrected chi connectivity index (χ2v) is 3.94. The molecule has 2 N–H and O–H groups in total. The standard InChI is InChI=1S/C9H6ClNOS/c10-6-4-13-9-5(3-12)1-2-7(11)8(6)9/h1-4H,11H2. The average Bonchev–Trinajstić information content (AvgIpc) is 2.50. The first kappa shape index (κ1) is 8.53. The van der Waals surface area contributed by atoms with Crippen LogP contribution in [0, 0.1) is 0 Å². The van der Waals surface area contributed by atoms with E-state index in [-0.39, 0.29) is 0 Å². The maximum absolute atomic E-state index is 10.7. The Hall–Kier alpha value is -1.06. The van der Waals surface area contributed by atoms with Crippen LogP contribution in [0.5, 0.6) is 0 Å². The zero-order chi connectivity index (χ0) is 9.42. The Labute approximate surface area is 83.9 Å². The number of carbonyl (C=O) groups excluding carboxylic acids is 1. The van der Waals surface area contributed by atoms with Gasteiger partial charge < -0.3 is 5.73 Å². The first-order valence-corrected chi connectivity index (χ1v) is 4.90. The number of rotatable bonds is 1. The maximum atomic E-state index is 10.7. The molecular formula is C9H6ClNOS. The van der Waals surface area contributed by atoms with E-state index in [0.717, 1.165) is 16.4 Å². The highest BCUT2D eigenvalue weighted by Crippen LogP contribution is 2.35. The summed E-state index contributed by atoms with van der Waals surface area (Å²) in [5, 5.41) is 3.19. The number of anilines is 1. The molecule has 0 aliphatic heterocycles. The summed E-state index contributed by atoms with van der Waals surface area (Å²) in [6.45, 7) is 0. The lowest BCUT2D eigenvalue weighted by atomic mass is 10.1. The minimum atomic E-state index is 0.612. The number of hydrogen-bond donors (Lipinski definition) is 1. The van der Waals surface area contributed by atoms with Crippen molar-refractivity contribution in [2.75, 3.05) is 5.73 Å². The van der Waals surface area contributed by atoms with Gasteiger partial charge in [-0.15, -0.1) is 11.3 Å². The van der Waals surface area contributed by atoms with E-state index in [0.29, 0.717) is 16.3 Å². The molecule has 13 heavy (non-hydrogen) atoms. The van der Waals surface area contributed by atoms with Gasteiger partial charge in [0.05, 0.1) is 5.02 Å². The fraction of sp³-hybridized carbons (Fsp3) is 0. The summed E-state index contributed by atoms with van der Waals surface area (Å²) in [6.07, 6.45) is 0.814. The van der Waals surface area contributed by atoms with E-state index in [9.17, 15) is 4.79 Å². The van der Waals surface area contributed by atoms with Crippen molar-refractivity contribution in [3.8, 4) is 0 Å². The van der Waals surface area contributed by atoms with E-state index in [1.165, 1.54) is 11.3 Å². The number of benzene rings is 1. The first-order chi connectivity index (χ1) is 6.24. The molecule has 1 aromatic carbocycles. The molecular weight excluding hydrogens is 206 g/mol. The fourth-order valence-electron chi connectivity index (χ4n) is 1.25. The third-order valence-corrected chi connectivity index (χ3v) is 3.32. The molecule has 0 aliphatic rings. The number of hydrogen-bond acceptors (Lipinski definition) is 3. The second kappa shape index (κ2) is 3.01. The number of fused-ring (bicyclic) bond motifs is 1. The lowest BCUT2D eigenvalue weighted by Gasteiger charge is -1.98. The largest absolute Gasteiger partial charge is 0.398 e. The van der Waals surface area contributed by atoms with Crippen LogP contribution in [0.4, 0.5) is 5.69 Å². The number of halogens is 1. The molecule has 1 heterocycles. The van der Waals surface area contributed by atoms with Gasteiger partial charge in [0, 0.05) is 26.7 Å². The Morgan fingerprint density at radius 3 is 2.92 bits per heavy atom. The van der Waals surface area contributed by atoms with Crippen LogP contribution >= 0.6 is 22.9 Å². The number of nitrogen functional groups attached to an aromatic ring is 1. The normalized spacial score (nSPS) is 10.5. The van der Waals surface area contributed by atoms with Crippen LogP contribution in [0.2, 0.25) is 5.02 Å². The highest BCUT2D eigenvalue weighted by molar-refractivity contribution is 7.18. The molecule has 1 aromatic heterocycles. The van der Waals surface area contributed by atoms with Gasteiger partial charge in [0.25, 0.3) is 0 Å². The van der Waals surface area contributed by atoms with E-state index in [4.69, 9.17) is 17.3 Å². The Morgan fingerprint density at radius 2 is 2.23 bits per heavy atom. The van der Waals surface area contributed by atoms with E-state index in [1.807, 2.05) is 0 Å². The van der Waals surface area contributed by atoms with Crippen molar-refractivity contribution in [1.29, 1.82) is 0 Å². The van der Waals surface area contributed by atoms with Crippen molar-refractivity contribution in [2.45, 2.75) is 0 Å². The number of thiophene rings is 1. The van der Waals surface area contributed by atoms with Crippen molar-refractivity contribution in [1.82, 2.24) is 0 Å². The van der Waals surface area contributed by atoms with E-state index in [1.54, 1.807) is 17.5 Å². The van der Waals surface area contributed by atoms with Crippen LogP contribution in [0.3, 0.4) is 0 Å². The van der Waals surface area contributed by atoms with Crippen LogP contribution < -0.4 is 5.73 Å². The Bertz CT molecular complexity index is 478. The Morgan fingerprint density at radius 1 is 1.46 bits per heavy atom. The summed E-state index contributed by atoms with van der Waals surface area (Å²) in [7, 11) is 0. The SMILES string of the molecule is Nc1ccc(C=O)c2scc(Cl)c12. The minimum Gasteiger partial charge on any atom is -0.398 e. The van der Waals surface area contributed by atoms with Gasteiger partial charge in [0.1, 0.15) is 0 Å². The summed E-state index contributed by atoms with van der Waals surface area (Å²) in [4.78, 5) is 10.7. The summed E-state index contributed by atoms with van der Waals surface area (Å²) >= 11 is 7.36. The van der Waals surface area contributed by atoms with Gasteiger partial charge in [-0.1, -0.05) is 11.6 Å². The summed E-state index contributed by atoms with van der Waals surface area (Å²) in [5.41, 5.74) is 6.99. The molecule has 0 saturated carbocycles. The van der Waals surface area contributed by atoms with Gasteiger partial charge in [0.15, 0.2) is 6.29 Å². The Kier molecular flexibility index (Phi) is 1.98. The fourth-order valence-corrected chi connectivity index (χ4v) is 2.58. The van der Waals surface area contributed by atoms with E-state index >= 15 is 0 Å². The third kappa shape index (κ3) is 1.20. The molecule has 0 spiro atoms. The molecule has 66 valence electrons.